The second-order valence-electron chi connectivity index (χ2n) is 9.78. The van der Waals surface area contributed by atoms with E-state index < -0.39 is 11.3 Å². The Morgan fingerprint density at radius 1 is 1.11 bits per heavy atom. The number of anilines is 2. The number of ether oxygens (including phenoxy) is 1. The monoisotopic (exact) mass is 515 g/mol. The van der Waals surface area contributed by atoms with Crippen LogP contribution in [0.3, 0.4) is 0 Å². The van der Waals surface area contributed by atoms with Gasteiger partial charge in [0.05, 0.1) is 17.4 Å². The molecule has 1 aliphatic carbocycles. The first-order chi connectivity index (χ1) is 18.0. The van der Waals surface area contributed by atoms with Gasteiger partial charge >= 0.3 is 6.03 Å². The Hall–Kier alpha value is -3.56. The van der Waals surface area contributed by atoms with Gasteiger partial charge in [-0.25, -0.2) is 9.78 Å². The van der Waals surface area contributed by atoms with Crippen LogP contribution in [0, 0.1) is 6.92 Å². The second-order valence-corrected chi connectivity index (χ2v) is 10.9. The van der Waals surface area contributed by atoms with E-state index in [0.717, 1.165) is 59.0 Å². The molecule has 1 fully saturated rings. The van der Waals surface area contributed by atoms with E-state index in [1.165, 1.54) is 11.8 Å². The number of nitrogens with one attached hydrogen (secondary N) is 2. The fraction of sp³-hybridized carbons (Fsp3) is 0.321. The second kappa shape index (κ2) is 9.72. The summed E-state index contributed by atoms with van der Waals surface area (Å²) in [5.41, 5.74) is 9.52. The van der Waals surface area contributed by atoms with Crippen LogP contribution in [-0.2, 0) is 4.79 Å². The van der Waals surface area contributed by atoms with Crippen molar-refractivity contribution in [3.05, 3.63) is 71.9 Å². The summed E-state index contributed by atoms with van der Waals surface area (Å²) in [7, 11) is 0. The van der Waals surface area contributed by atoms with E-state index in [1.54, 1.807) is 11.1 Å². The van der Waals surface area contributed by atoms with E-state index in [-0.39, 0.29) is 24.0 Å². The molecule has 2 aliphatic heterocycles. The molecule has 37 heavy (non-hydrogen) atoms. The first-order valence-electron chi connectivity index (χ1n) is 12.7. The van der Waals surface area contributed by atoms with Crippen LogP contribution in [0.2, 0.25) is 0 Å². The predicted octanol–water partition coefficient (Wildman–Crippen LogP) is 4.95. The van der Waals surface area contributed by atoms with Crippen LogP contribution in [0.4, 0.5) is 16.2 Å². The first-order valence-corrected chi connectivity index (χ1v) is 13.5. The Kier molecular flexibility index (Phi) is 6.26. The van der Waals surface area contributed by atoms with Gasteiger partial charge in [-0.15, -0.1) is 0 Å². The predicted molar refractivity (Wildman–Crippen MR) is 143 cm³/mol. The molecule has 3 amide bonds. The molecule has 9 heteroatoms. The van der Waals surface area contributed by atoms with Crippen LogP contribution >= 0.6 is 11.8 Å². The van der Waals surface area contributed by atoms with Gasteiger partial charge in [0, 0.05) is 23.8 Å². The minimum Gasteiger partial charge on any atom is -0.457 e. The minimum atomic E-state index is -0.494. The molecule has 0 bridgehead atoms. The molecule has 2 aromatic carbocycles. The number of carbonyl (C=O) groups is 2. The normalized spacial score (nSPS) is 24.3. The third-order valence-corrected chi connectivity index (χ3v) is 8.59. The Bertz CT molecular complexity index is 1350. The highest BCUT2D eigenvalue weighted by Crippen LogP contribution is 2.51. The minimum absolute atomic E-state index is 0.0339. The fourth-order valence-corrected chi connectivity index (χ4v) is 6.67. The Labute approximate surface area is 220 Å². The van der Waals surface area contributed by atoms with E-state index in [2.05, 4.69) is 15.6 Å². The number of thioether (sulfide) groups is 1. The lowest BCUT2D eigenvalue weighted by Gasteiger charge is -2.35. The van der Waals surface area contributed by atoms with Crippen LogP contribution in [-0.4, -0.2) is 34.3 Å². The molecule has 3 aromatic rings. The van der Waals surface area contributed by atoms with Gasteiger partial charge in [0.1, 0.15) is 21.8 Å². The molecule has 3 aliphatic rings. The highest BCUT2D eigenvalue weighted by molar-refractivity contribution is 8.01. The summed E-state index contributed by atoms with van der Waals surface area (Å²) in [6.45, 7) is 1.95. The molecule has 4 atom stereocenters. The van der Waals surface area contributed by atoms with Crippen LogP contribution < -0.4 is 26.0 Å². The van der Waals surface area contributed by atoms with E-state index in [4.69, 9.17) is 10.5 Å². The quantitative estimate of drug-likeness (QED) is 0.444. The van der Waals surface area contributed by atoms with Crippen molar-refractivity contribution < 1.29 is 14.3 Å². The van der Waals surface area contributed by atoms with Crippen LogP contribution in [0.25, 0.3) is 0 Å². The first kappa shape index (κ1) is 23.8. The molecule has 6 rings (SSSR count). The molecule has 4 N–H and O–H groups in total. The molecule has 3 heterocycles. The largest absolute Gasteiger partial charge is 0.457 e. The molecule has 1 aromatic heterocycles. The summed E-state index contributed by atoms with van der Waals surface area (Å²) < 4.78 is 5.97. The maximum absolute atomic E-state index is 13.5. The van der Waals surface area contributed by atoms with Crippen molar-refractivity contribution in [2.45, 2.75) is 61.0 Å². The summed E-state index contributed by atoms with van der Waals surface area (Å²) in [5, 5.41) is 6.51. The zero-order chi connectivity index (χ0) is 25.5. The maximum atomic E-state index is 13.5. The fourth-order valence-electron chi connectivity index (χ4n) is 5.43. The molecule has 0 saturated heterocycles. The smallest absolute Gasteiger partial charge is 0.327 e. The number of hydrogen-bond donors (Lipinski definition) is 3. The molecular formula is C28H29N5O3S. The van der Waals surface area contributed by atoms with E-state index >= 15 is 0 Å². The molecule has 190 valence electrons. The van der Waals surface area contributed by atoms with Gasteiger partial charge in [-0.05, 0) is 61.7 Å². The van der Waals surface area contributed by atoms with Crippen molar-refractivity contribution in [1.29, 1.82) is 0 Å². The third kappa shape index (κ3) is 4.42. The van der Waals surface area contributed by atoms with Crippen LogP contribution in [0.15, 0.2) is 65.8 Å². The average molecular weight is 516 g/mol. The molecule has 0 radical (unpaired) electrons. The number of hydrogen-bond acceptors (Lipinski definition) is 6. The van der Waals surface area contributed by atoms with Gasteiger partial charge in [0.2, 0.25) is 5.91 Å². The van der Waals surface area contributed by atoms with E-state index in [9.17, 15) is 9.59 Å². The Balaban J connectivity index is 1.27. The van der Waals surface area contributed by atoms with Crippen molar-refractivity contribution in [3.8, 4) is 11.5 Å². The number of carbonyl (C=O) groups excluding carboxylic acids is 2. The molecule has 8 nitrogen and oxygen atoms in total. The third-order valence-electron chi connectivity index (χ3n) is 7.30. The van der Waals surface area contributed by atoms with Crippen molar-refractivity contribution in [3.63, 3.8) is 0 Å². The Morgan fingerprint density at radius 2 is 1.92 bits per heavy atom. The molecular weight excluding hydrogens is 486 g/mol. The topological polar surface area (TPSA) is 110 Å². The highest BCUT2D eigenvalue weighted by Gasteiger charge is 2.47. The molecule has 2 unspecified atom stereocenters. The Morgan fingerprint density at radius 3 is 2.70 bits per heavy atom. The lowest BCUT2D eigenvalue weighted by atomic mass is 9.90. The maximum Gasteiger partial charge on any atom is 0.327 e. The lowest BCUT2D eigenvalue weighted by Crippen LogP contribution is -2.54. The number of amides is 3. The van der Waals surface area contributed by atoms with Crippen molar-refractivity contribution in [2.75, 3.05) is 4.90 Å². The van der Waals surface area contributed by atoms with Gasteiger partial charge < -0.3 is 21.1 Å². The average Bonchev–Trinajstić information content (AvgIpc) is 3.26. The number of aryl methyl sites for hydroxylation is 1. The number of pyridine rings is 1. The summed E-state index contributed by atoms with van der Waals surface area (Å²) in [5.74, 6) is 1.33. The summed E-state index contributed by atoms with van der Waals surface area (Å²) >= 11 is 1.40. The number of rotatable bonds is 5. The van der Waals surface area contributed by atoms with Gasteiger partial charge in [-0.3, -0.25) is 9.69 Å². The van der Waals surface area contributed by atoms with Crippen LogP contribution in [0.1, 0.15) is 42.9 Å². The summed E-state index contributed by atoms with van der Waals surface area (Å²) in [6.07, 6.45) is 5.65. The number of nitrogens with zero attached hydrogens (tertiary/aromatic N) is 2. The van der Waals surface area contributed by atoms with Crippen LogP contribution in [0.5, 0.6) is 11.5 Å². The summed E-state index contributed by atoms with van der Waals surface area (Å²) in [6, 6.07) is 16.3. The van der Waals surface area contributed by atoms with E-state index in [1.807, 2.05) is 61.5 Å². The number of para-hydroxylation sites is 1. The zero-order valence-corrected chi connectivity index (χ0v) is 21.3. The number of benzene rings is 2. The number of urea groups is 1. The standard InChI is InChI=1S/C28H29N5O3S/c1-16-15-18(36-17-7-3-2-4-8-17)11-12-21(16)33-22-13-14-30-27-23(22)24(32-28(33)35)25(37-27)26(34)31-20-10-6-5-9-19(20)29/h2-4,7-8,11-15,19-20,24-25H,5-6,9-10,29H2,1H3,(H,31,34)(H,32,35)/t19-,20+,24?,25?/m1/s1. The van der Waals surface area contributed by atoms with Crippen molar-refractivity contribution in [1.82, 2.24) is 15.6 Å². The highest BCUT2D eigenvalue weighted by atomic mass is 32.2. The van der Waals surface area contributed by atoms with Gasteiger partial charge in [0.15, 0.2) is 0 Å². The van der Waals surface area contributed by atoms with Gasteiger partial charge in [-0.1, -0.05) is 42.8 Å². The lowest BCUT2D eigenvalue weighted by molar-refractivity contribution is -0.122. The SMILES string of the molecule is Cc1cc(Oc2ccccc2)ccc1N1C(=O)NC2c3c1ccnc3SC2C(=O)N[C@H]1CCCC[C@H]1N. The molecule has 0 spiro atoms. The van der Waals surface area contributed by atoms with E-state index in [0.29, 0.717) is 5.75 Å². The van der Waals surface area contributed by atoms with Crippen molar-refractivity contribution >= 4 is 35.1 Å². The van der Waals surface area contributed by atoms with Crippen molar-refractivity contribution in [2.24, 2.45) is 5.73 Å². The zero-order valence-electron chi connectivity index (χ0n) is 20.5. The number of nitrogens with two attached hydrogens (primary N) is 1. The summed E-state index contributed by atoms with van der Waals surface area (Å²) in [4.78, 5) is 33.0. The van der Waals surface area contributed by atoms with Gasteiger partial charge in [-0.2, -0.15) is 0 Å². The van der Waals surface area contributed by atoms with Gasteiger partial charge in [0.25, 0.3) is 0 Å². The molecule has 1 saturated carbocycles. The number of aromatic nitrogens is 1.